The van der Waals surface area contributed by atoms with Crippen LogP contribution in [0.2, 0.25) is 0 Å². The average Bonchev–Trinajstić information content (AvgIpc) is 3.04. The molecule has 1 aromatic heterocycles. The smallest absolute Gasteiger partial charge is 0.233 e. The number of hydrogen-bond acceptors (Lipinski definition) is 3. The Kier molecular flexibility index (Phi) is 5.29. The summed E-state index contributed by atoms with van der Waals surface area (Å²) >= 11 is 1.52. The molecule has 1 aliphatic heterocycles. The lowest BCUT2D eigenvalue weighted by atomic mass is 10.0. The third-order valence-corrected chi connectivity index (χ3v) is 5.78. The second-order valence-electron chi connectivity index (χ2n) is 6.57. The zero-order chi connectivity index (χ0) is 17.1. The van der Waals surface area contributed by atoms with Gasteiger partial charge in [-0.2, -0.15) is 0 Å². The molecule has 1 saturated heterocycles. The fourth-order valence-electron chi connectivity index (χ4n) is 3.15. The Morgan fingerprint density at radius 1 is 1.29 bits per heavy atom. The van der Waals surface area contributed by atoms with Crippen molar-refractivity contribution in [3.05, 3.63) is 41.7 Å². The topological polar surface area (TPSA) is 38.1 Å². The molecule has 3 rings (SSSR count). The number of nitrogens with zero attached hydrogens (tertiary/aromatic N) is 3. The highest BCUT2D eigenvalue weighted by Crippen LogP contribution is 2.24. The number of hydrogen-bond donors (Lipinski definition) is 0. The van der Waals surface area contributed by atoms with Gasteiger partial charge in [0.05, 0.1) is 5.75 Å². The van der Waals surface area contributed by atoms with E-state index in [-0.39, 0.29) is 5.91 Å². The molecular weight excluding hydrogens is 318 g/mol. The molecule has 0 unspecified atom stereocenters. The number of imidazole rings is 1. The Hall–Kier alpha value is -1.75. The van der Waals surface area contributed by atoms with Crippen molar-refractivity contribution in [1.29, 1.82) is 0 Å². The van der Waals surface area contributed by atoms with E-state index in [1.807, 2.05) is 11.1 Å². The largest absolute Gasteiger partial charge is 0.339 e. The molecule has 4 nitrogen and oxygen atoms in total. The second kappa shape index (κ2) is 7.43. The normalized spacial score (nSPS) is 18.0. The molecule has 2 aromatic rings. The van der Waals surface area contributed by atoms with Gasteiger partial charge >= 0.3 is 0 Å². The van der Waals surface area contributed by atoms with Crippen molar-refractivity contribution in [3.8, 4) is 5.69 Å². The van der Waals surface area contributed by atoms with Crippen LogP contribution in [0.5, 0.6) is 0 Å². The third-order valence-electron chi connectivity index (χ3n) is 4.82. The molecule has 1 atom stereocenters. The van der Waals surface area contributed by atoms with Crippen LogP contribution in [0.1, 0.15) is 37.3 Å². The SMILES string of the molecule is Cc1ccc(-n2ccnc2SCC(=O)N2CCCC[C@H]2C)cc1C. The van der Waals surface area contributed by atoms with E-state index in [2.05, 4.69) is 48.5 Å². The van der Waals surface area contributed by atoms with Gasteiger partial charge in [0.2, 0.25) is 5.91 Å². The number of rotatable bonds is 4. The lowest BCUT2D eigenvalue weighted by Crippen LogP contribution is -2.42. The molecule has 128 valence electrons. The van der Waals surface area contributed by atoms with E-state index in [0.717, 1.165) is 30.2 Å². The Morgan fingerprint density at radius 3 is 2.88 bits per heavy atom. The van der Waals surface area contributed by atoms with Gasteiger partial charge in [-0.1, -0.05) is 17.8 Å². The van der Waals surface area contributed by atoms with Crippen LogP contribution in [0.3, 0.4) is 0 Å². The molecule has 1 amide bonds. The van der Waals surface area contributed by atoms with E-state index in [1.165, 1.54) is 29.3 Å². The number of aromatic nitrogens is 2. The fourth-order valence-corrected chi connectivity index (χ4v) is 4.01. The number of carbonyl (C=O) groups excluding carboxylic acids is 1. The maximum Gasteiger partial charge on any atom is 0.233 e. The molecule has 1 aliphatic rings. The van der Waals surface area contributed by atoms with Crippen molar-refractivity contribution < 1.29 is 4.79 Å². The molecular formula is C19H25N3OS. The third kappa shape index (κ3) is 3.66. The lowest BCUT2D eigenvalue weighted by Gasteiger charge is -2.33. The minimum Gasteiger partial charge on any atom is -0.339 e. The first-order valence-corrected chi connectivity index (χ1v) is 9.58. The van der Waals surface area contributed by atoms with E-state index in [0.29, 0.717) is 11.8 Å². The molecule has 0 spiro atoms. The van der Waals surface area contributed by atoms with Crippen LogP contribution in [-0.2, 0) is 4.79 Å². The standard InChI is InChI=1S/C19H25N3OS/c1-14-7-8-17(12-15(14)2)22-11-9-20-19(22)24-13-18(23)21-10-5-4-6-16(21)3/h7-9,11-12,16H,4-6,10,13H2,1-3H3/t16-/m1/s1. The Labute approximate surface area is 148 Å². The zero-order valence-electron chi connectivity index (χ0n) is 14.7. The Bertz CT molecular complexity index is 725. The molecule has 1 aromatic carbocycles. The summed E-state index contributed by atoms with van der Waals surface area (Å²) in [5.41, 5.74) is 3.63. The second-order valence-corrected chi connectivity index (χ2v) is 7.51. The molecule has 0 N–H and O–H groups in total. The first kappa shape index (κ1) is 17.1. The van der Waals surface area contributed by atoms with Gasteiger partial charge in [-0.25, -0.2) is 4.98 Å². The summed E-state index contributed by atoms with van der Waals surface area (Å²) in [6, 6.07) is 6.75. The monoisotopic (exact) mass is 343 g/mol. The van der Waals surface area contributed by atoms with Crippen molar-refractivity contribution in [2.24, 2.45) is 0 Å². The summed E-state index contributed by atoms with van der Waals surface area (Å²) in [6.07, 6.45) is 7.23. The van der Waals surface area contributed by atoms with E-state index in [1.54, 1.807) is 6.20 Å². The first-order valence-electron chi connectivity index (χ1n) is 8.59. The van der Waals surface area contributed by atoms with Gasteiger partial charge in [0.25, 0.3) is 0 Å². The molecule has 0 bridgehead atoms. The van der Waals surface area contributed by atoms with Crippen LogP contribution in [-0.4, -0.2) is 38.7 Å². The Balaban J connectivity index is 1.69. The highest BCUT2D eigenvalue weighted by molar-refractivity contribution is 7.99. The van der Waals surface area contributed by atoms with E-state index in [9.17, 15) is 4.79 Å². The summed E-state index contributed by atoms with van der Waals surface area (Å²) in [5, 5.41) is 0.872. The molecule has 1 fully saturated rings. The minimum atomic E-state index is 0.224. The zero-order valence-corrected chi connectivity index (χ0v) is 15.5. The molecule has 5 heteroatoms. The molecule has 2 heterocycles. The van der Waals surface area contributed by atoms with Crippen LogP contribution in [0, 0.1) is 13.8 Å². The van der Waals surface area contributed by atoms with Crippen LogP contribution in [0.15, 0.2) is 35.7 Å². The van der Waals surface area contributed by atoms with E-state index < -0.39 is 0 Å². The van der Waals surface area contributed by atoms with Crippen LogP contribution < -0.4 is 0 Å². The van der Waals surface area contributed by atoms with Crippen LogP contribution >= 0.6 is 11.8 Å². The van der Waals surface area contributed by atoms with Gasteiger partial charge in [0.15, 0.2) is 5.16 Å². The van der Waals surface area contributed by atoms with Gasteiger partial charge in [0.1, 0.15) is 0 Å². The fraction of sp³-hybridized carbons (Fsp3) is 0.474. The van der Waals surface area contributed by atoms with Crippen molar-refractivity contribution in [3.63, 3.8) is 0 Å². The van der Waals surface area contributed by atoms with Crippen molar-refractivity contribution >= 4 is 17.7 Å². The van der Waals surface area contributed by atoms with Crippen molar-refractivity contribution in [2.45, 2.75) is 51.2 Å². The number of aryl methyl sites for hydroxylation is 2. The summed E-state index contributed by atoms with van der Waals surface area (Å²) in [7, 11) is 0. The molecule has 0 aliphatic carbocycles. The number of likely N-dealkylation sites (tertiary alicyclic amines) is 1. The summed E-state index contributed by atoms with van der Waals surface area (Å²) in [5.74, 6) is 0.675. The summed E-state index contributed by atoms with van der Waals surface area (Å²) in [4.78, 5) is 19.0. The number of piperidine rings is 1. The van der Waals surface area contributed by atoms with Gasteiger partial charge in [0, 0.05) is 30.7 Å². The summed E-state index contributed by atoms with van der Waals surface area (Å²) in [6.45, 7) is 7.27. The lowest BCUT2D eigenvalue weighted by molar-refractivity contribution is -0.131. The predicted molar refractivity (Wildman–Crippen MR) is 98.8 cm³/mol. The quantitative estimate of drug-likeness (QED) is 0.788. The van der Waals surface area contributed by atoms with Gasteiger partial charge < -0.3 is 4.90 Å². The highest BCUT2D eigenvalue weighted by atomic mass is 32.2. The number of carbonyl (C=O) groups is 1. The number of thioether (sulfide) groups is 1. The van der Waals surface area contributed by atoms with Crippen LogP contribution in [0.25, 0.3) is 5.69 Å². The Morgan fingerprint density at radius 2 is 2.12 bits per heavy atom. The van der Waals surface area contributed by atoms with Crippen molar-refractivity contribution in [1.82, 2.24) is 14.5 Å². The van der Waals surface area contributed by atoms with E-state index in [4.69, 9.17) is 0 Å². The molecule has 0 radical (unpaired) electrons. The highest BCUT2D eigenvalue weighted by Gasteiger charge is 2.23. The summed E-state index contributed by atoms with van der Waals surface area (Å²) < 4.78 is 2.06. The first-order chi connectivity index (χ1) is 11.6. The predicted octanol–water partition coefficient (Wildman–Crippen LogP) is 3.98. The maximum atomic E-state index is 12.5. The van der Waals surface area contributed by atoms with Gasteiger partial charge in [-0.15, -0.1) is 0 Å². The average molecular weight is 343 g/mol. The molecule has 0 saturated carbocycles. The van der Waals surface area contributed by atoms with Gasteiger partial charge in [-0.3, -0.25) is 9.36 Å². The van der Waals surface area contributed by atoms with Crippen molar-refractivity contribution in [2.75, 3.05) is 12.3 Å². The maximum absolute atomic E-state index is 12.5. The van der Waals surface area contributed by atoms with Crippen LogP contribution in [0.4, 0.5) is 0 Å². The number of benzene rings is 1. The molecule has 24 heavy (non-hydrogen) atoms. The number of amides is 1. The van der Waals surface area contributed by atoms with Gasteiger partial charge in [-0.05, 0) is 63.3 Å². The minimum absolute atomic E-state index is 0.224. The van der Waals surface area contributed by atoms with E-state index >= 15 is 0 Å².